The quantitative estimate of drug-likeness (QED) is 0.232. The van der Waals surface area contributed by atoms with Crippen molar-refractivity contribution in [2.45, 2.75) is 32.9 Å². The molecule has 0 spiro atoms. The van der Waals surface area contributed by atoms with Crippen LogP contribution in [0.1, 0.15) is 35.9 Å². The molecular formula is C26H23N3O4S. The number of aryl methyl sites for hydroxylation is 1. The third-order valence-corrected chi connectivity index (χ3v) is 6.60. The Bertz CT molecular complexity index is 1400. The number of ketones is 1. The number of hydrogen-bond donors (Lipinski definition) is 2. The number of imidazole rings is 1. The van der Waals surface area contributed by atoms with Gasteiger partial charge in [-0.05, 0) is 68.1 Å². The zero-order chi connectivity index (χ0) is 24.0. The number of aliphatic hydroxyl groups is 1. The molecule has 172 valence electrons. The summed E-state index contributed by atoms with van der Waals surface area (Å²) in [7, 11) is 0. The number of nitrogens with zero attached hydrogens (tertiary/aromatic N) is 2. The van der Waals surface area contributed by atoms with E-state index in [1.54, 1.807) is 18.2 Å². The van der Waals surface area contributed by atoms with Gasteiger partial charge in [0.25, 0.3) is 5.78 Å². The van der Waals surface area contributed by atoms with Crippen LogP contribution in [0.15, 0.2) is 65.6 Å². The number of hydrogen-bond acceptors (Lipinski definition) is 6. The lowest BCUT2D eigenvalue weighted by Gasteiger charge is -2.21. The lowest BCUT2D eigenvalue weighted by molar-refractivity contribution is -0.132. The van der Waals surface area contributed by atoms with Crippen LogP contribution >= 0.6 is 11.3 Å². The molecule has 0 bridgehead atoms. The topological polar surface area (TPSA) is 95.5 Å². The van der Waals surface area contributed by atoms with Gasteiger partial charge in [0.2, 0.25) is 5.95 Å². The van der Waals surface area contributed by atoms with Crippen molar-refractivity contribution in [2.75, 3.05) is 4.90 Å². The SMILES string of the molecule is Cc1cc(/C(O)=C2\C(=O)C(=O)N(c3nc4ccccc4[nH]3)C2c2cccs2)ccc1OC(C)C. The molecule has 1 unspecified atom stereocenters. The predicted molar refractivity (Wildman–Crippen MR) is 132 cm³/mol. The first kappa shape index (κ1) is 21.9. The number of amides is 1. The Kier molecular flexibility index (Phi) is 5.45. The van der Waals surface area contributed by atoms with Crippen molar-refractivity contribution in [1.29, 1.82) is 0 Å². The molecule has 2 N–H and O–H groups in total. The molecule has 1 amide bonds. The molecule has 1 aliphatic rings. The summed E-state index contributed by atoms with van der Waals surface area (Å²) >= 11 is 1.41. The third kappa shape index (κ3) is 3.66. The van der Waals surface area contributed by atoms with Gasteiger partial charge in [-0.3, -0.25) is 14.5 Å². The monoisotopic (exact) mass is 473 g/mol. The highest BCUT2D eigenvalue weighted by Crippen LogP contribution is 2.43. The maximum atomic E-state index is 13.3. The van der Waals surface area contributed by atoms with Gasteiger partial charge in [0, 0.05) is 10.4 Å². The van der Waals surface area contributed by atoms with E-state index in [4.69, 9.17) is 4.74 Å². The number of rotatable bonds is 5. The first-order chi connectivity index (χ1) is 16.3. The zero-order valence-corrected chi connectivity index (χ0v) is 19.7. The first-order valence-corrected chi connectivity index (χ1v) is 11.8. The van der Waals surface area contributed by atoms with Crippen molar-refractivity contribution in [1.82, 2.24) is 9.97 Å². The minimum atomic E-state index is -0.799. The summed E-state index contributed by atoms with van der Waals surface area (Å²) in [6, 6.07) is 15.5. The molecule has 2 aromatic carbocycles. The molecule has 1 atom stereocenters. The van der Waals surface area contributed by atoms with Gasteiger partial charge in [0.15, 0.2) is 0 Å². The molecule has 0 saturated carbocycles. The van der Waals surface area contributed by atoms with Crippen LogP contribution in [-0.2, 0) is 9.59 Å². The Labute approximate surface area is 200 Å². The van der Waals surface area contributed by atoms with Crippen LogP contribution in [0.4, 0.5) is 5.95 Å². The van der Waals surface area contributed by atoms with Crippen LogP contribution in [0.3, 0.4) is 0 Å². The number of carbonyl (C=O) groups is 2. The van der Waals surface area contributed by atoms with Crippen molar-refractivity contribution in [3.63, 3.8) is 0 Å². The van der Waals surface area contributed by atoms with Crippen LogP contribution in [0, 0.1) is 6.92 Å². The van der Waals surface area contributed by atoms with Crippen molar-refractivity contribution in [3.05, 3.63) is 81.6 Å². The summed E-state index contributed by atoms with van der Waals surface area (Å²) in [6.45, 7) is 5.75. The second-order valence-corrected chi connectivity index (χ2v) is 9.39. The summed E-state index contributed by atoms with van der Waals surface area (Å²) in [5.74, 6) is -0.761. The maximum absolute atomic E-state index is 13.3. The summed E-state index contributed by atoms with van der Waals surface area (Å²) in [6.07, 6.45) is 0.00566. The molecule has 3 heterocycles. The second kappa shape index (κ2) is 8.46. The van der Waals surface area contributed by atoms with E-state index in [1.807, 2.05) is 62.5 Å². The van der Waals surface area contributed by atoms with Gasteiger partial charge in [0.05, 0.1) is 22.7 Å². The van der Waals surface area contributed by atoms with E-state index in [9.17, 15) is 14.7 Å². The fourth-order valence-corrected chi connectivity index (χ4v) is 4.98. The molecule has 5 rings (SSSR count). The fraction of sp³-hybridized carbons (Fsp3) is 0.192. The molecule has 34 heavy (non-hydrogen) atoms. The van der Waals surface area contributed by atoms with Crippen molar-refractivity contribution < 1.29 is 19.4 Å². The van der Waals surface area contributed by atoms with E-state index < -0.39 is 17.7 Å². The number of ether oxygens (including phenoxy) is 1. The molecule has 2 aromatic heterocycles. The van der Waals surface area contributed by atoms with Crippen LogP contribution in [0.5, 0.6) is 5.75 Å². The number of thiophene rings is 1. The molecule has 1 saturated heterocycles. The molecule has 8 heteroatoms. The predicted octanol–water partition coefficient (Wildman–Crippen LogP) is 5.35. The summed E-state index contributed by atoms with van der Waals surface area (Å²) in [4.78, 5) is 36.2. The molecule has 7 nitrogen and oxygen atoms in total. The van der Waals surface area contributed by atoms with Crippen molar-refractivity contribution in [3.8, 4) is 5.75 Å². The highest BCUT2D eigenvalue weighted by atomic mass is 32.1. The van der Waals surface area contributed by atoms with Gasteiger partial charge in [0.1, 0.15) is 17.6 Å². The number of aliphatic hydroxyl groups excluding tert-OH is 1. The van der Waals surface area contributed by atoms with Gasteiger partial charge < -0.3 is 14.8 Å². The summed E-state index contributed by atoms with van der Waals surface area (Å²) in [5.41, 5.74) is 2.72. The number of anilines is 1. The number of benzene rings is 2. The molecule has 0 radical (unpaired) electrons. The molecule has 1 fully saturated rings. The van der Waals surface area contributed by atoms with Gasteiger partial charge in [-0.1, -0.05) is 18.2 Å². The Morgan fingerprint density at radius 1 is 1.15 bits per heavy atom. The lowest BCUT2D eigenvalue weighted by atomic mass is 9.99. The summed E-state index contributed by atoms with van der Waals surface area (Å²) in [5, 5.41) is 13.2. The Morgan fingerprint density at radius 2 is 1.94 bits per heavy atom. The number of Topliss-reactive ketones (excluding diaryl/α,β-unsaturated/α-hetero) is 1. The van der Waals surface area contributed by atoms with E-state index in [2.05, 4.69) is 9.97 Å². The van der Waals surface area contributed by atoms with Crippen LogP contribution < -0.4 is 9.64 Å². The van der Waals surface area contributed by atoms with Crippen molar-refractivity contribution in [2.24, 2.45) is 0 Å². The number of aromatic amines is 1. The highest BCUT2D eigenvalue weighted by molar-refractivity contribution is 7.10. The second-order valence-electron chi connectivity index (χ2n) is 8.41. The zero-order valence-electron chi connectivity index (χ0n) is 18.9. The normalized spacial score (nSPS) is 17.8. The van der Waals surface area contributed by atoms with Crippen molar-refractivity contribution >= 4 is 45.8 Å². The largest absolute Gasteiger partial charge is 0.507 e. The van der Waals surface area contributed by atoms with E-state index in [1.165, 1.54) is 16.2 Å². The minimum Gasteiger partial charge on any atom is -0.507 e. The van der Waals surface area contributed by atoms with Crippen LogP contribution in [0.2, 0.25) is 0 Å². The number of H-pyrrole nitrogens is 1. The standard InChI is InChI=1S/C26H23N3O4S/c1-14(2)33-19-11-10-16(13-15(19)3)23(30)21-22(20-9-6-12-34-20)29(25(32)24(21)31)26-27-17-7-4-5-8-18(17)28-26/h4-14,22,30H,1-3H3,(H,27,28)/b23-21+. The highest BCUT2D eigenvalue weighted by Gasteiger charge is 2.48. The Balaban J connectivity index is 1.65. The Hall–Kier alpha value is -3.91. The van der Waals surface area contributed by atoms with E-state index >= 15 is 0 Å². The molecule has 0 aliphatic carbocycles. The van der Waals surface area contributed by atoms with Gasteiger partial charge >= 0.3 is 5.91 Å². The smallest absolute Gasteiger partial charge is 0.302 e. The lowest BCUT2D eigenvalue weighted by Crippen LogP contribution is -2.30. The number of fused-ring (bicyclic) bond motifs is 1. The third-order valence-electron chi connectivity index (χ3n) is 5.67. The van der Waals surface area contributed by atoms with Crippen LogP contribution in [0.25, 0.3) is 16.8 Å². The molecule has 4 aromatic rings. The van der Waals surface area contributed by atoms with Gasteiger partial charge in [-0.2, -0.15) is 0 Å². The summed E-state index contributed by atoms with van der Waals surface area (Å²) < 4.78 is 5.79. The van der Waals surface area contributed by atoms with Crippen LogP contribution in [-0.4, -0.2) is 32.9 Å². The number of para-hydroxylation sites is 2. The number of aromatic nitrogens is 2. The first-order valence-electron chi connectivity index (χ1n) is 10.9. The van der Waals surface area contributed by atoms with Gasteiger partial charge in [-0.25, -0.2) is 4.98 Å². The maximum Gasteiger partial charge on any atom is 0.302 e. The van der Waals surface area contributed by atoms with E-state index in [0.717, 1.165) is 16.0 Å². The van der Waals surface area contributed by atoms with Gasteiger partial charge in [-0.15, -0.1) is 11.3 Å². The molecular weight excluding hydrogens is 450 g/mol. The average molecular weight is 474 g/mol. The average Bonchev–Trinajstić information content (AvgIpc) is 3.53. The fourth-order valence-electron chi connectivity index (χ4n) is 4.16. The number of carbonyl (C=O) groups excluding carboxylic acids is 2. The minimum absolute atomic E-state index is 0.00566. The van der Waals surface area contributed by atoms with E-state index in [0.29, 0.717) is 16.8 Å². The van der Waals surface area contributed by atoms with E-state index in [-0.39, 0.29) is 23.4 Å². The Morgan fingerprint density at radius 3 is 2.62 bits per heavy atom. The molecule has 1 aliphatic heterocycles. The number of nitrogens with one attached hydrogen (secondary N) is 1.